The number of unbranched alkanes of at least 4 members (excludes halogenated alkanes) is 2. The zero-order chi connectivity index (χ0) is 14.8. The second kappa shape index (κ2) is 9.56. The largest absolute Gasteiger partial charge is 0.370 e. The summed E-state index contributed by atoms with van der Waals surface area (Å²) in [5, 5.41) is 3.36. The minimum absolute atomic E-state index is 0.896. The van der Waals surface area contributed by atoms with E-state index >= 15 is 0 Å². The Balaban J connectivity index is 3.00. The molecule has 20 heavy (non-hydrogen) atoms. The van der Waals surface area contributed by atoms with Crippen molar-refractivity contribution in [3.8, 4) is 0 Å². The lowest BCUT2D eigenvalue weighted by molar-refractivity contribution is 0.667. The van der Waals surface area contributed by atoms with Gasteiger partial charge in [0.2, 0.25) is 0 Å². The number of hydrogen-bond donors (Lipinski definition) is 1. The summed E-state index contributed by atoms with van der Waals surface area (Å²) in [7, 11) is 0. The highest BCUT2D eigenvalue weighted by atomic mass is 15.2. The summed E-state index contributed by atoms with van der Waals surface area (Å²) in [4.78, 5) is 11.4. The standard InChI is InChI=1S/C16H30N4/c1-5-9-11-20(12-10-6-2)16-14(7-3)15(17-8-4)18-13-19-16/h13H,5-12H2,1-4H3,(H,17,18,19). The van der Waals surface area contributed by atoms with E-state index in [4.69, 9.17) is 0 Å². The van der Waals surface area contributed by atoms with Crippen molar-refractivity contribution in [2.24, 2.45) is 0 Å². The first-order chi connectivity index (χ1) is 9.78. The van der Waals surface area contributed by atoms with Crippen LogP contribution in [0.5, 0.6) is 0 Å². The maximum absolute atomic E-state index is 4.57. The molecule has 0 aliphatic carbocycles. The lowest BCUT2D eigenvalue weighted by Crippen LogP contribution is -2.28. The lowest BCUT2D eigenvalue weighted by Gasteiger charge is -2.26. The Hall–Kier alpha value is -1.32. The minimum atomic E-state index is 0.896. The molecule has 0 radical (unpaired) electrons. The Morgan fingerprint density at radius 3 is 2.15 bits per heavy atom. The van der Waals surface area contributed by atoms with Crippen LogP contribution < -0.4 is 10.2 Å². The molecule has 1 heterocycles. The Bertz CT molecular complexity index is 371. The van der Waals surface area contributed by atoms with Crippen molar-refractivity contribution in [2.45, 2.75) is 59.8 Å². The first kappa shape index (κ1) is 16.7. The molecular formula is C16H30N4. The molecule has 0 spiro atoms. The van der Waals surface area contributed by atoms with E-state index in [-0.39, 0.29) is 0 Å². The Kier molecular flexibility index (Phi) is 8.00. The molecule has 0 atom stereocenters. The number of nitrogens with zero attached hydrogens (tertiary/aromatic N) is 3. The number of rotatable bonds is 10. The molecule has 0 aromatic carbocycles. The quantitative estimate of drug-likeness (QED) is 0.705. The van der Waals surface area contributed by atoms with Gasteiger partial charge in [-0.1, -0.05) is 33.6 Å². The molecule has 0 unspecified atom stereocenters. The maximum atomic E-state index is 4.57. The minimum Gasteiger partial charge on any atom is -0.370 e. The average molecular weight is 278 g/mol. The second-order valence-electron chi connectivity index (χ2n) is 5.10. The molecule has 4 nitrogen and oxygen atoms in total. The molecule has 1 N–H and O–H groups in total. The second-order valence-corrected chi connectivity index (χ2v) is 5.10. The molecule has 4 heteroatoms. The van der Waals surface area contributed by atoms with Crippen LogP contribution in [0.4, 0.5) is 11.6 Å². The van der Waals surface area contributed by atoms with Crippen molar-refractivity contribution in [3.63, 3.8) is 0 Å². The van der Waals surface area contributed by atoms with E-state index in [1.165, 1.54) is 31.2 Å². The van der Waals surface area contributed by atoms with Crippen molar-refractivity contribution >= 4 is 11.6 Å². The summed E-state index contributed by atoms with van der Waals surface area (Å²) >= 11 is 0. The third kappa shape index (κ3) is 4.66. The van der Waals surface area contributed by atoms with E-state index in [9.17, 15) is 0 Å². The molecule has 114 valence electrons. The van der Waals surface area contributed by atoms with Crippen LogP contribution in [-0.4, -0.2) is 29.6 Å². The molecule has 1 aromatic rings. The van der Waals surface area contributed by atoms with Crippen molar-refractivity contribution in [3.05, 3.63) is 11.9 Å². The highest BCUT2D eigenvalue weighted by Gasteiger charge is 2.15. The van der Waals surface area contributed by atoms with Crippen LogP contribution >= 0.6 is 0 Å². The van der Waals surface area contributed by atoms with E-state index < -0.39 is 0 Å². The van der Waals surface area contributed by atoms with Gasteiger partial charge in [-0.25, -0.2) is 9.97 Å². The van der Waals surface area contributed by atoms with Gasteiger partial charge < -0.3 is 10.2 Å². The summed E-state index contributed by atoms with van der Waals surface area (Å²) in [6, 6.07) is 0. The van der Waals surface area contributed by atoms with Gasteiger partial charge in [-0.2, -0.15) is 0 Å². The van der Waals surface area contributed by atoms with Gasteiger partial charge in [-0.05, 0) is 26.2 Å². The van der Waals surface area contributed by atoms with Gasteiger partial charge in [0.25, 0.3) is 0 Å². The van der Waals surface area contributed by atoms with Gasteiger partial charge in [0.1, 0.15) is 18.0 Å². The highest BCUT2D eigenvalue weighted by molar-refractivity contribution is 5.58. The summed E-state index contributed by atoms with van der Waals surface area (Å²) in [6.45, 7) is 11.8. The number of anilines is 2. The molecule has 0 bridgehead atoms. The van der Waals surface area contributed by atoms with Crippen molar-refractivity contribution < 1.29 is 0 Å². The summed E-state index contributed by atoms with van der Waals surface area (Å²) in [5.41, 5.74) is 1.25. The fourth-order valence-electron chi connectivity index (χ4n) is 2.34. The monoisotopic (exact) mass is 278 g/mol. The Labute approximate surface area is 124 Å². The van der Waals surface area contributed by atoms with Gasteiger partial charge in [0.05, 0.1) is 0 Å². The van der Waals surface area contributed by atoms with Crippen LogP contribution in [-0.2, 0) is 6.42 Å². The molecule has 1 rings (SSSR count). The smallest absolute Gasteiger partial charge is 0.137 e. The molecule has 0 saturated heterocycles. The molecule has 0 fully saturated rings. The first-order valence-corrected chi connectivity index (χ1v) is 8.11. The van der Waals surface area contributed by atoms with Crippen LogP contribution in [0.1, 0.15) is 58.9 Å². The average Bonchev–Trinajstić information content (AvgIpc) is 2.47. The maximum Gasteiger partial charge on any atom is 0.137 e. The van der Waals surface area contributed by atoms with Gasteiger partial charge in [-0.3, -0.25) is 0 Å². The van der Waals surface area contributed by atoms with E-state index in [0.29, 0.717) is 0 Å². The van der Waals surface area contributed by atoms with Gasteiger partial charge in [-0.15, -0.1) is 0 Å². The summed E-state index contributed by atoms with van der Waals surface area (Å²) in [6.07, 6.45) is 7.52. The van der Waals surface area contributed by atoms with E-state index in [1.54, 1.807) is 6.33 Å². The Morgan fingerprint density at radius 1 is 1.00 bits per heavy atom. The number of aromatic nitrogens is 2. The fourth-order valence-corrected chi connectivity index (χ4v) is 2.34. The van der Waals surface area contributed by atoms with Gasteiger partial charge in [0.15, 0.2) is 0 Å². The molecule has 0 amide bonds. The van der Waals surface area contributed by atoms with Crippen LogP contribution in [0.15, 0.2) is 6.33 Å². The van der Waals surface area contributed by atoms with Crippen LogP contribution in [0.25, 0.3) is 0 Å². The van der Waals surface area contributed by atoms with Crippen molar-refractivity contribution in [2.75, 3.05) is 29.9 Å². The molecule has 0 saturated carbocycles. The van der Waals surface area contributed by atoms with E-state index in [0.717, 1.165) is 37.7 Å². The first-order valence-electron chi connectivity index (χ1n) is 8.11. The SMILES string of the molecule is CCCCN(CCCC)c1ncnc(NCC)c1CC. The molecule has 0 aliphatic heterocycles. The molecule has 0 aliphatic rings. The fraction of sp³-hybridized carbons (Fsp3) is 0.750. The topological polar surface area (TPSA) is 41.1 Å². The van der Waals surface area contributed by atoms with Crippen LogP contribution in [0.2, 0.25) is 0 Å². The Morgan fingerprint density at radius 2 is 1.65 bits per heavy atom. The predicted octanol–water partition coefficient (Wildman–Crippen LogP) is 3.88. The zero-order valence-electron chi connectivity index (χ0n) is 13.6. The summed E-state index contributed by atoms with van der Waals surface area (Å²) < 4.78 is 0. The van der Waals surface area contributed by atoms with Gasteiger partial charge >= 0.3 is 0 Å². The highest BCUT2D eigenvalue weighted by Crippen LogP contribution is 2.24. The third-order valence-corrected chi connectivity index (χ3v) is 3.48. The molecular weight excluding hydrogens is 248 g/mol. The predicted molar refractivity (Wildman–Crippen MR) is 87.6 cm³/mol. The third-order valence-electron chi connectivity index (χ3n) is 3.48. The van der Waals surface area contributed by atoms with Crippen LogP contribution in [0.3, 0.4) is 0 Å². The van der Waals surface area contributed by atoms with Crippen LogP contribution in [0, 0.1) is 0 Å². The number of hydrogen-bond acceptors (Lipinski definition) is 4. The number of nitrogens with one attached hydrogen (secondary N) is 1. The summed E-state index contributed by atoms with van der Waals surface area (Å²) in [5.74, 6) is 2.12. The van der Waals surface area contributed by atoms with Gasteiger partial charge in [0, 0.05) is 25.2 Å². The lowest BCUT2D eigenvalue weighted by atomic mass is 10.1. The normalized spacial score (nSPS) is 10.6. The van der Waals surface area contributed by atoms with Crippen molar-refractivity contribution in [1.82, 2.24) is 9.97 Å². The molecule has 1 aromatic heterocycles. The zero-order valence-corrected chi connectivity index (χ0v) is 13.6. The van der Waals surface area contributed by atoms with Crippen molar-refractivity contribution in [1.29, 1.82) is 0 Å². The van der Waals surface area contributed by atoms with E-state index in [2.05, 4.69) is 47.9 Å². The van der Waals surface area contributed by atoms with E-state index in [1.807, 2.05) is 0 Å².